The summed E-state index contributed by atoms with van der Waals surface area (Å²) in [6.45, 7) is 1.71. The van der Waals surface area contributed by atoms with Crippen molar-refractivity contribution in [2.24, 2.45) is 4.99 Å². The van der Waals surface area contributed by atoms with Gasteiger partial charge in [0.05, 0.1) is 11.4 Å². The van der Waals surface area contributed by atoms with Crippen LogP contribution in [0.2, 0.25) is 10.0 Å². The normalized spacial score (nSPS) is 17.3. The van der Waals surface area contributed by atoms with Gasteiger partial charge in [0.2, 0.25) is 5.78 Å². The van der Waals surface area contributed by atoms with Crippen LogP contribution in [-0.4, -0.2) is 29.2 Å². The van der Waals surface area contributed by atoms with Gasteiger partial charge in [-0.2, -0.15) is 0 Å². The molecular weight excluding hydrogens is 377 g/mol. The van der Waals surface area contributed by atoms with Gasteiger partial charge in [-0.15, -0.1) is 0 Å². The van der Waals surface area contributed by atoms with E-state index >= 15 is 0 Å². The molecule has 1 fully saturated rings. The number of allylic oxidation sites excluding steroid dienone is 1. The first kappa shape index (κ1) is 18.2. The fraction of sp³-hybridized carbons (Fsp3) is 0.105. The lowest BCUT2D eigenvalue weighted by molar-refractivity contribution is -0.135. The molecule has 0 unspecified atom stereocenters. The summed E-state index contributed by atoms with van der Waals surface area (Å²) in [5.74, 6) is -2.20. The van der Waals surface area contributed by atoms with Crippen LogP contribution in [0.25, 0.3) is 0 Å². The van der Waals surface area contributed by atoms with Gasteiger partial charge in [-0.25, -0.2) is 9.79 Å². The Morgan fingerprint density at radius 1 is 1.12 bits per heavy atom. The minimum atomic E-state index is -0.810. The van der Waals surface area contributed by atoms with E-state index in [-0.39, 0.29) is 23.5 Å². The fourth-order valence-electron chi connectivity index (χ4n) is 2.43. The van der Waals surface area contributed by atoms with Crippen molar-refractivity contribution >= 4 is 46.4 Å². The number of carbonyl (C=O) groups is 2. The molecule has 1 heterocycles. The SMILES string of the molecule is Cc1ccc(C(=O)/C(O)=C2\C(=O)OCC2=Nc2cc(Cl)cc(Cl)c2)cc1. The maximum absolute atomic E-state index is 12.5. The molecule has 1 aliphatic heterocycles. The number of carbonyl (C=O) groups excluding carboxylic acids is 2. The van der Waals surface area contributed by atoms with E-state index in [1.807, 2.05) is 6.92 Å². The average Bonchev–Trinajstić information content (AvgIpc) is 2.93. The largest absolute Gasteiger partial charge is 0.503 e. The van der Waals surface area contributed by atoms with E-state index in [2.05, 4.69) is 4.99 Å². The Bertz CT molecular complexity index is 942. The van der Waals surface area contributed by atoms with Gasteiger partial charge in [0.15, 0.2) is 5.76 Å². The summed E-state index contributed by atoms with van der Waals surface area (Å²) in [6.07, 6.45) is 0. The summed E-state index contributed by atoms with van der Waals surface area (Å²) in [5.41, 5.74) is 1.47. The van der Waals surface area contributed by atoms with Crippen molar-refractivity contribution in [3.63, 3.8) is 0 Å². The molecule has 0 aromatic heterocycles. The summed E-state index contributed by atoms with van der Waals surface area (Å²) in [6, 6.07) is 11.2. The van der Waals surface area contributed by atoms with Gasteiger partial charge < -0.3 is 9.84 Å². The monoisotopic (exact) mass is 389 g/mol. The zero-order valence-corrected chi connectivity index (χ0v) is 15.1. The van der Waals surface area contributed by atoms with Crippen LogP contribution in [0.4, 0.5) is 5.69 Å². The van der Waals surface area contributed by atoms with Crippen molar-refractivity contribution in [3.05, 3.63) is 75.0 Å². The maximum atomic E-state index is 12.5. The van der Waals surface area contributed by atoms with Crippen molar-refractivity contribution in [1.29, 1.82) is 0 Å². The number of esters is 1. The number of nitrogens with zero attached hydrogens (tertiary/aromatic N) is 1. The molecule has 2 aromatic carbocycles. The number of ketones is 1. The standard InChI is InChI=1S/C19H13Cl2NO4/c1-10-2-4-11(5-3-10)17(23)18(24)16-15(9-26-19(16)25)22-14-7-12(20)6-13(21)8-14/h2-8,24H,9H2,1H3/b18-16+,22-15?. The van der Waals surface area contributed by atoms with Gasteiger partial charge in [-0.05, 0) is 25.1 Å². The van der Waals surface area contributed by atoms with Gasteiger partial charge in [0.25, 0.3) is 0 Å². The van der Waals surface area contributed by atoms with Gasteiger partial charge in [0, 0.05) is 15.6 Å². The predicted molar refractivity (Wildman–Crippen MR) is 99.7 cm³/mol. The van der Waals surface area contributed by atoms with Crippen molar-refractivity contribution in [2.45, 2.75) is 6.92 Å². The van der Waals surface area contributed by atoms with Gasteiger partial charge in [0.1, 0.15) is 12.2 Å². The maximum Gasteiger partial charge on any atom is 0.344 e. The Balaban J connectivity index is 2.03. The van der Waals surface area contributed by atoms with Crippen LogP contribution in [0.3, 0.4) is 0 Å². The Kier molecular flexibility index (Phi) is 5.11. The lowest BCUT2D eigenvalue weighted by Crippen LogP contribution is -2.13. The number of aryl methyl sites for hydroxylation is 1. The summed E-state index contributed by atoms with van der Waals surface area (Å²) >= 11 is 11.9. The van der Waals surface area contributed by atoms with Crippen molar-refractivity contribution in [2.75, 3.05) is 6.61 Å². The summed E-state index contributed by atoms with van der Waals surface area (Å²) in [7, 11) is 0. The second kappa shape index (κ2) is 7.32. The van der Waals surface area contributed by atoms with Crippen molar-refractivity contribution in [3.8, 4) is 0 Å². The second-order valence-electron chi connectivity index (χ2n) is 5.68. The molecule has 0 atom stereocenters. The van der Waals surface area contributed by atoms with Gasteiger partial charge >= 0.3 is 5.97 Å². The zero-order valence-electron chi connectivity index (χ0n) is 13.6. The molecule has 2 aromatic rings. The molecule has 0 bridgehead atoms. The van der Waals surface area contributed by atoms with Crippen LogP contribution in [0.1, 0.15) is 15.9 Å². The highest BCUT2D eigenvalue weighted by Crippen LogP contribution is 2.27. The van der Waals surface area contributed by atoms with E-state index in [0.29, 0.717) is 15.7 Å². The average molecular weight is 390 g/mol. The van der Waals surface area contributed by atoms with Crippen molar-refractivity contribution in [1.82, 2.24) is 0 Å². The molecule has 0 radical (unpaired) electrons. The van der Waals surface area contributed by atoms with E-state index in [9.17, 15) is 14.7 Å². The summed E-state index contributed by atoms with van der Waals surface area (Å²) < 4.78 is 4.93. The topological polar surface area (TPSA) is 76.0 Å². The number of benzene rings is 2. The lowest BCUT2D eigenvalue weighted by Gasteiger charge is -2.04. The highest BCUT2D eigenvalue weighted by Gasteiger charge is 2.33. The quantitative estimate of drug-likeness (QED) is 0.359. The number of hydrogen-bond acceptors (Lipinski definition) is 5. The number of aliphatic hydroxyl groups excluding tert-OH is 1. The summed E-state index contributed by atoms with van der Waals surface area (Å²) in [4.78, 5) is 28.8. The van der Waals surface area contributed by atoms with Crippen LogP contribution in [0, 0.1) is 6.92 Å². The minimum absolute atomic E-state index is 0.131. The first-order valence-electron chi connectivity index (χ1n) is 7.61. The molecule has 7 heteroatoms. The number of rotatable bonds is 3. The highest BCUT2D eigenvalue weighted by molar-refractivity contribution is 6.35. The number of Topliss-reactive ketones (excluding diaryl/α,β-unsaturated/α-hetero) is 1. The van der Waals surface area contributed by atoms with E-state index in [1.165, 1.54) is 6.07 Å². The smallest absolute Gasteiger partial charge is 0.344 e. The van der Waals surface area contributed by atoms with E-state index in [1.54, 1.807) is 36.4 Å². The van der Waals surface area contributed by atoms with Crippen LogP contribution in [-0.2, 0) is 9.53 Å². The van der Waals surface area contributed by atoms with Crippen LogP contribution in [0.5, 0.6) is 0 Å². The predicted octanol–water partition coefficient (Wildman–Crippen LogP) is 4.63. The van der Waals surface area contributed by atoms with Crippen molar-refractivity contribution < 1.29 is 19.4 Å². The van der Waals surface area contributed by atoms with Gasteiger partial charge in [-0.1, -0.05) is 53.0 Å². The number of halogens is 2. The molecule has 0 amide bonds. The first-order valence-corrected chi connectivity index (χ1v) is 8.36. The van der Waals surface area contributed by atoms with E-state index < -0.39 is 17.5 Å². The molecular formula is C19H13Cl2NO4. The Labute approximate surface area is 159 Å². The Morgan fingerprint density at radius 3 is 2.35 bits per heavy atom. The van der Waals surface area contributed by atoms with E-state index in [4.69, 9.17) is 27.9 Å². The molecule has 1 N–H and O–H groups in total. The molecule has 3 rings (SSSR count). The number of aliphatic hydroxyl groups is 1. The lowest BCUT2D eigenvalue weighted by atomic mass is 10.0. The number of aliphatic imine (C=N–C) groups is 1. The number of cyclic esters (lactones) is 1. The third kappa shape index (κ3) is 3.79. The summed E-state index contributed by atoms with van der Waals surface area (Å²) in [5, 5.41) is 11.1. The molecule has 26 heavy (non-hydrogen) atoms. The number of hydrogen-bond donors (Lipinski definition) is 1. The molecule has 132 valence electrons. The fourth-order valence-corrected chi connectivity index (χ4v) is 2.95. The number of ether oxygens (including phenoxy) is 1. The van der Waals surface area contributed by atoms with Crippen LogP contribution in [0.15, 0.2) is 58.8 Å². The minimum Gasteiger partial charge on any atom is -0.503 e. The molecule has 1 saturated heterocycles. The molecule has 5 nitrogen and oxygen atoms in total. The second-order valence-corrected chi connectivity index (χ2v) is 6.55. The molecule has 1 aliphatic rings. The molecule has 0 spiro atoms. The molecule has 0 aliphatic carbocycles. The third-order valence-electron chi connectivity index (χ3n) is 3.71. The van der Waals surface area contributed by atoms with Gasteiger partial charge in [-0.3, -0.25) is 4.79 Å². The Hall–Kier alpha value is -2.63. The highest BCUT2D eigenvalue weighted by atomic mass is 35.5. The third-order valence-corrected chi connectivity index (χ3v) is 4.15. The Morgan fingerprint density at radius 2 is 1.73 bits per heavy atom. The van der Waals surface area contributed by atoms with E-state index in [0.717, 1.165) is 5.56 Å². The molecule has 0 saturated carbocycles. The van der Waals surface area contributed by atoms with Crippen LogP contribution < -0.4 is 0 Å². The zero-order chi connectivity index (χ0) is 18.8. The first-order chi connectivity index (χ1) is 12.3. The van der Waals surface area contributed by atoms with Crippen LogP contribution >= 0.6 is 23.2 Å².